The lowest BCUT2D eigenvalue weighted by Gasteiger charge is -2.31. The molecule has 3 N–H and O–H groups in total. The van der Waals surface area contributed by atoms with Crippen LogP contribution >= 0.6 is 0 Å². The Bertz CT molecular complexity index is 412. The van der Waals surface area contributed by atoms with Gasteiger partial charge >= 0.3 is 0 Å². The predicted octanol–water partition coefficient (Wildman–Crippen LogP) is 3.16. The quantitative estimate of drug-likeness (QED) is 0.866. The maximum atomic E-state index is 12.3. The lowest BCUT2D eigenvalue weighted by Crippen LogP contribution is -2.44. The van der Waals surface area contributed by atoms with Crippen molar-refractivity contribution in [3.05, 3.63) is 35.9 Å². The van der Waals surface area contributed by atoms with Crippen LogP contribution in [0.4, 0.5) is 0 Å². The van der Waals surface area contributed by atoms with Gasteiger partial charge in [0.1, 0.15) is 6.04 Å². The average Bonchev–Trinajstić information content (AvgIpc) is 2.53. The summed E-state index contributed by atoms with van der Waals surface area (Å²) in [6.07, 6.45) is 7.38. The van der Waals surface area contributed by atoms with E-state index in [2.05, 4.69) is 12.2 Å². The minimum atomic E-state index is -0.561. The van der Waals surface area contributed by atoms with Crippen molar-refractivity contribution in [1.29, 1.82) is 0 Å². The van der Waals surface area contributed by atoms with Crippen LogP contribution in [0.5, 0.6) is 0 Å². The molecule has 0 saturated heterocycles. The van der Waals surface area contributed by atoms with Crippen molar-refractivity contribution >= 4 is 5.91 Å². The lowest BCUT2D eigenvalue weighted by molar-refractivity contribution is -0.123. The highest BCUT2D eigenvalue weighted by Gasteiger charge is 2.25. The van der Waals surface area contributed by atoms with Crippen molar-refractivity contribution in [1.82, 2.24) is 5.32 Å². The number of hydrogen-bond acceptors (Lipinski definition) is 2. The molecule has 0 bridgehead atoms. The van der Waals surface area contributed by atoms with E-state index in [9.17, 15) is 4.79 Å². The second-order valence-electron chi connectivity index (χ2n) is 5.81. The van der Waals surface area contributed by atoms with Gasteiger partial charge in [0.2, 0.25) is 5.91 Å². The first-order chi connectivity index (χ1) is 9.72. The van der Waals surface area contributed by atoms with E-state index in [1.54, 1.807) is 0 Å². The van der Waals surface area contributed by atoms with E-state index in [0.717, 1.165) is 12.0 Å². The number of carbonyl (C=O) groups excluding carboxylic acids is 1. The van der Waals surface area contributed by atoms with Crippen molar-refractivity contribution in [2.45, 2.75) is 57.5 Å². The Morgan fingerprint density at radius 2 is 1.90 bits per heavy atom. The molecule has 20 heavy (non-hydrogen) atoms. The predicted molar refractivity (Wildman–Crippen MR) is 82.2 cm³/mol. The van der Waals surface area contributed by atoms with E-state index in [1.807, 2.05) is 30.3 Å². The van der Waals surface area contributed by atoms with Crippen LogP contribution in [0.25, 0.3) is 0 Å². The van der Waals surface area contributed by atoms with Gasteiger partial charge < -0.3 is 11.1 Å². The smallest absolute Gasteiger partial charge is 0.241 e. The monoisotopic (exact) mass is 274 g/mol. The number of benzene rings is 1. The molecular weight excluding hydrogens is 248 g/mol. The van der Waals surface area contributed by atoms with E-state index in [4.69, 9.17) is 5.73 Å². The molecule has 1 fully saturated rings. The molecule has 2 atom stereocenters. The number of carbonyl (C=O) groups is 1. The first kappa shape index (κ1) is 15.0. The summed E-state index contributed by atoms with van der Waals surface area (Å²) in [5, 5.41) is 3.17. The van der Waals surface area contributed by atoms with Crippen molar-refractivity contribution in [2.75, 3.05) is 0 Å². The van der Waals surface area contributed by atoms with Crippen molar-refractivity contribution < 1.29 is 4.79 Å². The minimum absolute atomic E-state index is 0.0476. The van der Waals surface area contributed by atoms with Crippen molar-refractivity contribution in [2.24, 2.45) is 11.7 Å². The second kappa shape index (κ2) is 7.44. The largest absolute Gasteiger partial charge is 0.351 e. The fraction of sp³-hybridized carbons (Fsp3) is 0.588. The van der Waals surface area contributed by atoms with Crippen LogP contribution < -0.4 is 11.1 Å². The number of nitrogens with two attached hydrogens (primary N) is 1. The van der Waals surface area contributed by atoms with E-state index in [1.165, 1.54) is 32.1 Å². The summed E-state index contributed by atoms with van der Waals surface area (Å²) in [5.41, 5.74) is 6.94. The first-order valence-corrected chi connectivity index (χ1v) is 7.83. The van der Waals surface area contributed by atoms with Gasteiger partial charge in [0.15, 0.2) is 0 Å². The molecule has 1 aromatic carbocycles. The standard InChI is InChI=1S/C17H26N2O/c1-2-15(13-9-5-3-6-10-13)19-17(20)16(18)14-11-7-4-8-12-14/h4,7-8,11-13,15-16H,2-3,5-6,9-10,18H2,1H3,(H,19,20). The summed E-state index contributed by atoms with van der Waals surface area (Å²) < 4.78 is 0. The molecule has 1 aliphatic carbocycles. The van der Waals surface area contributed by atoms with Crippen molar-refractivity contribution in [3.63, 3.8) is 0 Å². The fourth-order valence-electron chi connectivity index (χ4n) is 3.17. The van der Waals surface area contributed by atoms with Gasteiger partial charge in [-0.3, -0.25) is 4.79 Å². The van der Waals surface area contributed by atoms with Crippen LogP contribution in [0.15, 0.2) is 30.3 Å². The number of rotatable bonds is 5. The van der Waals surface area contributed by atoms with Crippen LogP contribution in [0.3, 0.4) is 0 Å². The molecule has 110 valence electrons. The molecule has 0 radical (unpaired) electrons. The van der Waals surface area contributed by atoms with Gasteiger partial charge in [0, 0.05) is 6.04 Å². The van der Waals surface area contributed by atoms with E-state index in [0.29, 0.717) is 5.92 Å². The normalized spacial score (nSPS) is 19.3. The Kier molecular flexibility index (Phi) is 5.60. The zero-order chi connectivity index (χ0) is 14.4. The SMILES string of the molecule is CCC(NC(=O)C(N)c1ccccc1)C1CCCCC1. The van der Waals surface area contributed by atoms with Crippen molar-refractivity contribution in [3.8, 4) is 0 Å². The third-order valence-electron chi connectivity index (χ3n) is 4.43. The molecule has 1 aliphatic rings. The second-order valence-corrected chi connectivity index (χ2v) is 5.81. The molecule has 3 nitrogen and oxygen atoms in total. The molecule has 2 unspecified atom stereocenters. The van der Waals surface area contributed by atoms with Gasteiger partial charge in [-0.1, -0.05) is 56.5 Å². The highest BCUT2D eigenvalue weighted by molar-refractivity contribution is 5.83. The van der Waals surface area contributed by atoms with Crippen LogP contribution in [0.1, 0.15) is 57.1 Å². The summed E-state index contributed by atoms with van der Waals surface area (Å²) in [6, 6.07) is 9.30. The molecule has 0 heterocycles. The van der Waals surface area contributed by atoms with E-state index in [-0.39, 0.29) is 11.9 Å². The zero-order valence-corrected chi connectivity index (χ0v) is 12.3. The fourth-order valence-corrected chi connectivity index (χ4v) is 3.17. The molecule has 0 aliphatic heterocycles. The highest BCUT2D eigenvalue weighted by Crippen LogP contribution is 2.28. The third-order valence-corrected chi connectivity index (χ3v) is 4.43. The Balaban J connectivity index is 1.94. The van der Waals surface area contributed by atoms with Gasteiger partial charge in [-0.05, 0) is 30.7 Å². The number of hydrogen-bond donors (Lipinski definition) is 2. The molecule has 1 saturated carbocycles. The summed E-state index contributed by atoms with van der Waals surface area (Å²) in [7, 11) is 0. The third kappa shape index (κ3) is 3.83. The van der Waals surface area contributed by atoms with Gasteiger partial charge in [0.25, 0.3) is 0 Å². The van der Waals surface area contributed by atoms with E-state index < -0.39 is 6.04 Å². The summed E-state index contributed by atoms with van der Waals surface area (Å²) in [5.74, 6) is 0.578. The maximum absolute atomic E-state index is 12.3. The van der Waals surface area contributed by atoms with Crippen LogP contribution in [-0.2, 0) is 4.79 Å². The van der Waals surface area contributed by atoms with Gasteiger partial charge in [-0.25, -0.2) is 0 Å². The summed E-state index contributed by atoms with van der Waals surface area (Å²) in [4.78, 5) is 12.3. The van der Waals surface area contributed by atoms with Crippen LogP contribution in [-0.4, -0.2) is 11.9 Å². The van der Waals surface area contributed by atoms with Gasteiger partial charge in [-0.2, -0.15) is 0 Å². The number of nitrogens with one attached hydrogen (secondary N) is 1. The Morgan fingerprint density at radius 1 is 1.25 bits per heavy atom. The molecule has 1 amide bonds. The lowest BCUT2D eigenvalue weighted by atomic mass is 9.83. The zero-order valence-electron chi connectivity index (χ0n) is 12.3. The Labute approximate surface area is 121 Å². The maximum Gasteiger partial charge on any atom is 0.241 e. The van der Waals surface area contributed by atoms with Crippen LogP contribution in [0.2, 0.25) is 0 Å². The molecule has 2 rings (SSSR count). The topological polar surface area (TPSA) is 55.1 Å². The summed E-state index contributed by atoms with van der Waals surface area (Å²) in [6.45, 7) is 2.15. The molecule has 3 heteroatoms. The molecule has 0 spiro atoms. The minimum Gasteiger partial charge on any atom is -0.351 e. The van der Waals surface area contributed by atoms with Gasteiger partial charge in [-0.15, -0.1) is 0 Å². The molecular formula is C17H26N2O. The van der Waals surface area contributed by atoms with Gasteiger partial charge in [0.05, 0.1) is 0 Å². The number of amides is 1. The Hall–Kier alpha value is -1.35. The molecule has 0 aromatic heterocycles. The summed E-state index contributed by atoms with van der Waals surface area (Å²) >= 11 is 0. The molecule has 1 aromatic rings. The highest BCUT2D eigenvalue weighted by atomic mass is 16.2. The average molecular weight is 274 g/mol. The van der Waals surface area contributed by atoms with E-state index >= 15 is 0 Å². The van der Waals surface area contributed by atoms with Crippen LogP contribution in [0, 0.1) is 5.92 Å². The first-order valence-electron chi connectivity index (χ1n) is 7.83. The Morgan fingerprint density at radius 3 is 2.50 bits per heavy atom.